The summed E-state index contributed by atoms with van der Waals surface area (Å²) in [5.74, 6) is -1.55. The SMILES string of the molecule is CCS(=O)(=O)CCNc1cc(C(N)=O)c(N)cc1F. The van der Waals surface area contributed by atoms with E-state index in [2.05, 4.69) is 5.32 Å². The van der Waals surface area contributed by atoms with E-state index >= 15 is 0 Å². The molecule has 0 saturated heterocycles. The quantitative estimate of drug-likeness (QED) is 0.654. The van der Waals surface area contributed by atoms with E-state index in [1.54, 1.807) is 0 Å². The Bertz CT molecular complexity index is 587. The molecule has 8 heteroatoms. The first kappa shape index (κ1) is 15.2. The van der Waals surface area contributed by atoms with Crippen molar-refractivity contribution in [3.05, 3.63) is 23.5 Å². The third kappa shape index (κ3) is 4.09. The van der Waals surface area contributed by atoms with E-state index in [9.17, 15) is 17.6 Å². The largest absolute Gasteiger partial charge is 0.398 e. The summed E-state index contributed by atoms with van der Waals surface area (Å²) in [7, 11) is -3.14. The van der Waals surface area contributed by atoms with Gasteiger partial charge >= 0.3 is 0 Å². The van der Waals surface area contributed by atoms with Gasteiger partial charge in [-0.3, -0.25) is 4.79 Å². The third-order valence-corrected chi connectivity index (χ3v) is 4.28. The molecule has 1 amide bonds. The Kier molecular flexibility index (Phi) is 4.71. The lowest BCUT2D eigenvalue weighted by molar-refractivity contribution is 0.100. The zero-order valence-electron chi connectivity index (χ0n) is 10.4. The van der Waals surface area contributed by atoms with Gasteiger partial charge in [-0.1, -0.05) is 6.92 Å². The number of benzene rings is 1. The second-order valence-corrected chi connectivity index (χ2v) is 6.42. The van der Waals surface area contributed by atoms with Crippen molar-refractivity contribution in [2.24, 2.45) is 5.73 Å². The summed E-state index contributed by atoms with van der Waals surface area (Å²) in [5.41, 5.74) is 10.5. The van der Waals surface area contributed by atoms with Crippen LogP contribution in [-0.2, 0) is 9.84 Å². The first-order valence-corrected chi connectivity index (χ1v) is 7.42. The van der Waals surface area contributed by atoms with E-state index in [-0.39, 0.29) is 35.0 Å². The molecule has 0 aliphatic carbocycles. The number of carbonyl (C=O) groups is 1. The number of nitrogen functional groups attached to an aromatic ring is 1. The third-order valence-electron chi connectivity index (χ3n) is 2.57. The lowest BCUT2D eigenvalue weighted by atomic mass is 10.1. The van der Waals surface area contributed by atoms with Crippen molar-refractivity contribution in [2.75, 3.05) is 29.1 Å². The first-order chi connectivity index (χ1) is 8.76. The highest BCUT2D eigenvalue weighted by Crippen LogP contribution is 2.21. The van der Waals surface area contributed by atoms with Gasteiger partial charge in [-0.25, -0.2) is 12.8 Å². The first-order valence-electron chi connectivity index (χ1n) is 5.60. The zero-order chi connectivity index (χ0) is 14.6. The van der Waals surface area contributed by atoms with Gasteiger partial charge in [-0.2, -0.15) is 0 Å². The van der Waals surface area contributed by atoms with Crippen LogP contribution in [0, 0.1) is 5.82 Å². The number of rotatable bonds is 6. The molecule has 1 aromatic carbocycles. The summed E-state index contributed by atoms with van der Waals surface area (Å²) < 4.78 is 36.1. The number of sulfone groups is 1. The number of amides is 1. The normalized spacial score (nSPS) is 11.3. The van der Waals surface area contributed by atoms with E-state index in [4.69, 9.17) is 11.5 Å². The van der Waals surface area contributed by atoms with Gasteiger partial charge in [-0.15, -0.1) is 0 Å². The molecule has 5 N–H and O–H groups in total. The van der Waals surface area contributed by atoms with Crippen LogP contribution < -0.4 is 16.8 Å². The van der Waals surface area contributed by atoms with Gasteiger partial charge in [0.1, 0.15) is 5.82 Å². The minimum Gasteiger partial charge on any atom is -0.398 e. The van der Waals surface area contributed by atoms with Crippen LogP contribution in [0.25, 0.3) is 0 Å². The number of carbonyl (C=O) groups excluding carboxylic acids is 1. The van der Waals surface area contributed by atoms with Gasteiger partial charge in [-0.05, 0) is 12.1 Å². The molecule has 0 aliphatic rings. The minimum atomic E-state index is -3.14. The molecule has 0 radical (unpaired) electrons. The van der Waals surface area contributed by atoms with E-state index in [0.717, 1.165) is 6.07 Å². The maximum absolute atomic E-state index is 13.6. The van der Waals surface area contributed by atoms with Crippen LogP contribution in [-0.4, -0.2) is 32.4 Å². The summed E-state index contributed by atoms with van der Waals surface area (Å²) in [4.78, 5) is 11.1. The molecule has 0 fully saturated rings. The number of nitrogens with two attached hydrogens (primary N) is 2. The lowest BCUT2D eigenvalue weighted by Crippen LogP contribution is -2.19. The van der Waals surface area contributed by atoms with E-state index in [1.807, 2.05) is 0 Å². The monoisotopic (exact) mass is 289 g/mol. The van der Waals surface area contributed by atoms with Crippen LogP contribution in [0.1, 0.15) is 17.3 Å². The Labute approximate surface area is 110 Å². The van der Waals surface area contributed by atoms with E-state index < -0.39 is 21.6 Å². The molecule has 0 bridgehead atoms. The summed E-state index contributed by atoms with van der Waals surface area (Å²) >= 11 is 0. The molecule has 0 heterocycles. The smallest absolute Gasteiger partial charge is 0.250 e. The fourth-order valence-corrected chi connectivity index (χ4v) is 2.12. The summed E-state index contributed by atoms with van der Waals surface area (Å²) in [6.07, 6.45) is 0. The number of anilines is 2. The van der Waals surface area contributed by atoms with Crippen LogP contribution >= 0.6 is 0 Å². The standard InChI is InChI=1S/C11H16FN3O3S/c1-2-19(17,18)4-3-15-10-5-7(11(14)16)9(13)6-8(10)12/h5-6,15H,2-4,13H2,1H3,(H2,14,16). The van der Waals surface area contributed by atoms with Gasteiger partial charge in [0.05, 0.1) is 17.0 Å². The van der Waals surface area contributed by atoms with Crippen molar-refractivity contribution >= 4 is 27.1 Å². The lowest BCUT2D eigenvalue weighted by Gasteiger charge is -2.10. The second-order valence-electron chi connectivity index (χ2n) is 3.95. The highest BCUT2D eigenvalue weighted by Gasteiger charge is 2.13. The molecule has 0 aromatic heterocycles. The summed E-state index contributed by atoms with van der Waals surface area (Å²) in [6, 6.07) is 2.14. The van der Waals surface area contributed by atoms with Crippen LogP contribution in [0.15, 0.2) is 12.1 Å². The van der Waals surface area contributed by atoms with Crippen LogP contribution in [0.4, 0.5) is 15.8 Å². The summed E-state index contributed by atoms with van der Waals surface area (Å²) in [5, 5.41) is 2.61. The van der Waals surface area contributed by atoms with E-state index in [1.165, 1.54) is 13.0 Å². The number of halogens is 1. The molecule has 0 aliphatic heterocycles. The summed E-state index contributed by atoms with van der Waals surface area (Å²) in [6.45, 7) is 1.57. The van der Waals surface area contributed by atoms with Crippen LogP contribution in [0.2, 0.25) is 0 Å². The molecule has 1 rings (SSSR count). The number of hydrogen-bond donors (Lipinski definition) is 3. The molecular formula is C11H16FN3O3S. The highest BCUT2D eigenvalue weighted by atomic mass is 32.2. The topological polar surface area (TPSA) is 115 Å². The molecule has 1 aromatic rings. The average Bonchev–Trinajstić information content (AvgIpc) is 2.31. The molecule has 106 valence electrons. The maximum atomic E-state index is 13.6. The second kappa shape index (κ2) is 5.87. The Morgan fingerprint density at radius 3 is 2.58 bits per heavy atom. The predicted molar refractivity (Wildman–Crippen MR) is 72.1 cm³/mol. The Balaban J connectivity index is 2.85. The van der Waals surface area contributed by atoms with Gasteiger partial charge in [0.25, 0.3) is 5.91 Å². The van der Waals surface area contributed by atoms with Gasteiger partial charge in [0, 0.05) is 18.0 Å². The van der Waals surface area contributed by atoms with Crippen LogP contribution in [0.3, 0.4) is 0 Å². The predicted octanol–water partition coefficient (Wildman–Crippen LogP) is 0.353. The number of primary amides is 1. The fraction of sp³-hybridized carbons (Fsp3) is 0.364. The Morgan fingerprint density at radius 1 is 1.42 bits per heavy atom. The molecule has 0 atom stereocenters. The van der Waals surface area contributed by atoms with Crippen molar-refractivity contribution in [1.29, 1.82) is 0 Å². The zero-order valence-corrected chi connectivity index (χ0v) is 11.3. The van der Waals surface area contributed by atoms with Gasteiger partial charge in [0.2, 0.25) is 0 Å². The van der Waals surface area contributed by atoms with Gasteiger partial charge < -0.3 is 16.8 Å². The van der Waals surface area contributed by atoms with Crippen LogP contribution in [0.5, 0.6) is 0 Å². The fourth-order valence-electron chi connectivity index (χ4n) is 1.42. The van der Waals surface area contributed by atoms with Crippen molar-refractivity contribution in [3.63, 3.8) is 0 Å². The number of hydrogen-bond acceptors (Lipinski definition) is 5. The Morgan fingerprint density at radius 2 is 2.05 bits per heavy atom. The minimum absolute atomic E-state index is 0.00527. The Hall–Kier alpha value is -1.83. The molecule has 19 heavy (non-hydrogen) atoms. The van der Waals surface area contributed by atoms with Crippen molar-refractivity contribution in [1.82, 2.24) is 0 Å². The number of nitrogens with one attached hydrogen (secondary N) is 1. The van der Waals surface area contributed by atoms with Crippen molar-refractivity contribution in [3.8, 4) is 0 Å². The highest BCUT2D eigenvalue weighted by molar-refractivity contribution is 7.91. The average molecular weight is 289 g/mol. The van der Waals surface area contributed by atoms with Gasteiger partial charge in [0.15, 0.2) is 9.84 Å². The molecule has 0 saturated carbocycles. The molecular weight excluding hydrogens is 273 g/mol. The van der Waals surface area contributed by atoms with Crippen molar-refractivity contribution in [2.45, 2.75) is 6.92 Å². The molecule has 6 nitrogen and oxygen atoms in total. The molecule has 0 spiro atoms. The van der Waals surface area contributed by atoms with Crippen molar-refractivity contribution < 1.29 is 17.6 Å². The van der Waals surface area contributed by atoms with E-state index in [0.29, 0.717) is 0 Å². The maximum Gasteiger partial charge on any atom is 0.250 e. The molecule has 0 unspecified atom stereocenters.